The lowest BCUT2D eigenvalue weighted by Crippen LogP contribution is -2.29. The van der Waals surface area contributed by atoms with Crippen molar-refractivity contribution < 1.29 is 18.0 Å². The first-order valence-electron chi connectivity index (χ1n) is 8.47. The normalized spacial score (nSPS) is 16.0. The third-order valence-electron chi connectivity index (χ3n) is 4.55. The molecule has 0 N–H and O–H groups in total. The number of piperidine rings is 1. The quantitative estimate of drug-likeness (QED) is 0.732. The van der Waals surface area contributed by atoms with Crippen LogP contribution in [0.1, 0.15) is 46.3 Å². The van der Waals surface area contributed by atoms with E-state index in [1.54, 1.807) is 12.1 Å². The SMILES string of the molecule is O=C(c1ccc(CN2CCCCC2)cc1)c1ccc(C(F)(F)F)cc1. The Kier molecular flexibility index (Phi) is 5.23. The minimum absolute atomic E-state index is 0.261. The lowest BCUT2D eigenvalue weighted by Gasteiger charge is -2.26. The third kappa shape index (κ3) is 4.48. The molecule has 1 saturated heterocycles. The number of ketones is 1. The highest BCUT2D eigenvalue weighted by Crippen LogP contribution is 2.29. The van der Waals surface area contributed by atoms with Gasteiger partial charge in [0.15, 0.2) is 5.78 Å². The molecule has 0 spiro atoms. The Bertz CT molecular complexity index is 714. The van der Waals surface area contributed by atoms with Crippen molar-refractivity contribution in [2.75, 3.05) is 13.1 Å². The molecule has 1 fully saturated rings. The van der Waals surface area contributed by atoms with Crippen LogP contribution in [0.3, 0.4) is 0 Å². The van der Waals surface area contributed by atoms with Crippen LogP contribution in [0.15, 0.2) is 48.5 Å². The van der Waals surface area contributed by atoms with Crippen molar-refractivity contribution in [1.29, 1.82) is 0 Å². The van der Waals surface area contributed by atoms with Crippen LogP contribution >= 0.6 is 0 Å². The Balaban J connectivity index is 1.68. The summed E-state index contributed by atoms with van der Waals surface area (Å²) in [4.78, 5) is 14.8. The molecule has 132 valence electrons. The van der Waals surface area contributed by atoms with Crippen LogP contribution in [-0.4, -0.2) is 23.8 Å². The Hall–Kier alpha value is -2.14. The van der Waals surface area contributed by atoms with Gasteiger partial charge in [0.05, 0.1) is 5.56 Å². The maximum Gasteiger partial charge on any atom is 0.416 e. The second kappa shape index (κ2) is 7.40. The molecule has 0 amide bonds. The van der Waals surface area contributed by atoms with Gasteiger partial charge in [0.25, 0.3) is 0 Å². The number of rotatable bonds is 4. The number of alkyl halides is 3. The molecular weight excluding hydrogens is 327 g/mol. The minimum atomic E-state index is -4.39. The van der Waals surface area contributed by atoms with Crippen LogP contribution in [0.25, 0.3) is 0 Å². The molecule has 0 saturated carbocycles. The molecule has 1 aliphatic heterocycles. The van der Waals surface area contributed by atoms with Gasteiger partial charge in [-0.2, -0.15) is 13.2 Å². The van der Waals surface area contributed by atoms with Crippen molar-refractivity contribution >= 4 is 5.78 Å². The van der Waals surface area contributed by atoms with Crippen molar-refractivity contribution in [3.8, 4) is 0 Å². The molecule has 1 aliphatic rings. The van der Waals surface area contributed by atoms with Crippen LogP contribution in [0.4, 0.5) is 13.2 Å². The van der Waals surface area contributed by atoms with E-state index >= 15 is 0 Å². The molecule has 0 atom stereocenters. The Morgan fingerprint density at radius 2 is 1.36 bits per heavy atom. The molecule has 3 rings (SSSR count). The highest BCUT2D eigenvalue weighted by Gasteiger charge is 2.30. The number of likely N-dealkylation sites (tertiary alicyclic amines) is 1. The van der Waals surface area contributed by atoms with Gasteiger partial charge in [-0.05, 0) is 43.6 Å². The van der Waals surface area contributed by atoms with Crippen molar-refractivity contribution in [3.05, 3.63) is 70.8 Å². The van der Waals surface area contributed by atoms with Gasteiger partial charge in [0.2, 0.25) is 0 Å². The number of hydrogen-bond acceptors (Lipinski definition) is 2. The molecule has 0 aromatic heterocycles. The fourth-order valence-corrected chi connectivity index (χ4v) is 3.11. The van der Waals surface area contributed by atoms with E-state index in [1.807, 2.05) is 12.1 Å². The van der Waals surface area contributed by atoms with Crippen molar-refractivity contribution in [2.45, 2.75) is 32.0 Å². The molecule has 1 heterocycles. The highest BCUT2D eigenvalue weighted by molar-refractivity contribution is 6.09. The lowest BCUT2D eigenvalue weighted by atomic mass is 10.0. The Morgan fingerprint density at radius 1 is 0.840 bits per heavy atom. The van der Waals surface area contributed by atoms with Gasteiger partial charge in [-0.3, -0.25) is 9.69 Å². The van der Waals surface area contributed by atoms with E-state index in [1.165, 1.54) is 31.4 Å². The summed E-state index contributed by atoms with van der Waals surface area (Å²) in [5, 5.41) is 0. The summed E-state index contributed by atoms with van der Waals surface area (Å²) in [6, 6.07) is 11.7. The van der Waals surface area contributed by atoms with E-state index in [0.717, 1.165) is 37.3 Å². The number of halogens is 3. The fraction of sp³-hybridized carbons (Fsp3) is 0.350. The average Bonchev–Trinajstić information content (AvgIpc) is 2.62. The van der Waals surface area contributed by atoms with E-state index in [4.69, 9.17) is 0 Å². The fourth-order valence-electron chi connectivity index (χ4n) is 3.11. The molecular formula is C20H20F3NO. The molecule has 0 bridgehead atoms. The molecule has 2 aromatic rings. The maximum absolute atomic E-state index is 12.6. The number of carbonyl (C=O) groups is 1. The number of nitrogens with zero attached hydrogens (tertiary/aromatic N) is 1. The standard InChI is InChI=1S/C20H20F3NO/c21-20(22,23)18-10-8-17(9-11-18)19(25)16-6-4-15(5-7-16)14-24-12-2-1-3-13-24/h4-11H,1-3,12-14H2. The number of benzene rings is 2. The predicted molar refractivity (Wildman–Crippen MR) is 90.4 cm³/mol. The van der Waals surface area contributed by atoms with Crippen LogP contribution < -0.4 is 0 Å². The first kappa shape index (κ1) is 17.7. The number of carbonyl (C=O) groups excluding carboxylic acids is 1. The van der Waals surface area contributed by atoms with Gasteiger partial charge in [0.1, 0.15) is 0 Å². The molecule has 0 unspecified atom stereocenters. The summed E-state index contributed by atoms with van der Waals surface area (Å²) in [7, 11) is 0. The van der Waals surface area contributed by atoms with Gasteiger partial charge in [0, 0.05) is 17.7 Å². The summed E-state index contributed by atoms with van der Waals surface area (Å²) in [5.74, 6) is -0.266. The zero-order valence-corrected chi connectivity index (χ0v) is 13.9. The largest absolute Gasteiger partial charge is 0.416 e. The lowest BCUT2D eigenvalue weighted by molar-refractivity contribution is -0.137. The summed E-state index contributed by atoms with van der Waals surface area (Å²) >= 11 is 0. The van der Waals surface area contributed by atoms with Crippen molar-refractivity contribution in [3.63, 3.8) is 0 Å². The molecule has 5 heteroatoms. The molecule has 0 radical (unpaired) electrons. The van der Waals surface area contributed by atoms with Gasteiger partial charge < -0.3 is 0 Å². The van der Waals surface area contributed by atoms with Crippen LogP contribution in [-0.2, 0) is 12.7 Å². The van der Waals surface area contributed by atoms with E-state index < -0.39 is 11.7 Å². The topological polar surface area (TPSA) is 20.3 Å². The molecule has 25 heavy (non-hydrogen) atoms. The van der Waals surface area contributed by atoms with Crippen molar-refractivity contribution in [2.24, 2.45) is 0 Å². The summed E-state index contributed by atoms with van der Waals surface area (Å²) < 4.78 is 37.8. The maximum atomic E-state index is 12.6. The number of hydrogen-bond donors (Lipinski definition) is 0. The Labute approximate surface area is 145 Å². The molecule has 2 aromatic carbocycles. The molecule has 2 nitrogen and oxygen atoms in total. The van der Waals surface area contributed by atoms with Crippen LogP contribution in [0, 0.1) is 0 Å². The van der Waals surface area contributed by atoms with Gasteiger partial charge in [-0.1, -0.05) is 42.8 Å². The summed E-state index contributed by atoms with van der Waals surface area (Å²) in [6.07, 6.45) is -0.649. The zero-order chi connectivity index (χ0) is 17.9. The van der Waals surface area contributed by atoms with E-state index in [2.05, 4.69) is 4.90 Å². The second-order valence-electron chi connectivity index (χ2n) is 6.44. The first-order chi connectivity index (χ1) is 11.9. The zero-order valence-electron chi connectivity index (χ0n) is 13.9. The van der Waals surface area contributed by atoms with Gasteiger partial charge in [-0.15, -0.1) is 0 Å². The van der Waals surface area contributed by atoms with Crippen molar-refractivity contribution in [1.82, 2.24) is 4.90 Å². The molecule has 0 aliphatic carbocycles. The first-order valence-corrected chi connectivity index (χ1v) is 8.47. The Morgan fingerprint density at radius 3 is 1.88 bits per heavy atom. The summed E-state index contributed by atoms with van der Waals surface area (Å²) in [5.41, 5.74) is 1.14. The monoisotopic (exact) mass is 347 g/mol. The van der Waals surface area contributed by atoms with Gasteiger partial charge >= 0.3 is 6.18 Å². The minimum Gasteiger partial charge on any atom is -0.299 e. The van der Waals surface area contributed by atoms with Crippen LogP contribution in [0.2, 0.25) is 0 Å². The van der Waals surface area contributed by atoms with E-state index in [0.29, 0.717) is 5.56 Å². The van der Waals surface area contributed by atoms with Crippen LogP contribution in [0.5, 0.6) is 0 Å². The van der Waals surface area contributed by atoms with E-state index in [9.17, 15) is 18.0 Å². The third-order valence-corrected chi connectivity index (χ3v) is 4.55. The average molecular weight is 347 g/mol. The summed E-state index contributed by atoms with van der Waals surface area (Å²) in [6.45, 7) is 3.08. The highest BCUT2D eigenvalue weighted by atomic mass is 19.4. The van der Waals surface area contributed by atoms with Gasteiger partial charge in [-0.25, -0.2) is 0 Å². The smallest absolute Gasteiger partial charge is 0.299 e. The predicted octanol–water partition coefficient (Wildman–Crippen LogP) is 4.92. The second-order valence-corrected chi connectivity index (χ2v) is 6.44. The van der Waals surface area contributed by atoms with E-state index in [-0.39, 0.29) is 11.3 Å².